The molecule has 2 heterocycles. The number of ether oxygens (including phenoxy) is 5. The lowest BCUT2D eigenvalue weighted by atomic mass is 10.1. The molecule has 2 unspecified atom stereocenters. The van der Waals surface area contributed by atoms with Crippen molar-refractivity contribution in [2.75, 3.05) is 71.8 Å². The number of benzene rings is 1. The lowest BCUT2D eigenvalue weighted by Gasteiger charge is -2.23. The fraction of sp³-hybridized carbons (Fsp3) is 0.636. The first-order valence-electron chi connectivity index (χ1n) is 16.6. The van der Waals surface area contributed by atoms with Crippen molar-refractivity contribution >= 4 is 41.1 Å². The molecule has 1 aliphatic rings. The Bertz CT molecular complexity index is 1240. The van der Waals surface area contributed by atoms with Crippen LogP contribution < -0.4 is 10.6 Å². The summed E-state index contributed by atoms with van der Waals surface area (Å²) >= 11 is 11.6. The van der Waals surface area contributed by atoms with Gasteiger partial charge in [-0.3, -0.25) is 9.59 Å². The lowest BCUT2D eigenvalue weighted by molar-refractivity contribution is -0.138. The summed E-state index contributed by atoms with van der Waals surface area (Å²) in [5.74, 6) is 0.190. The highest BCUT2D eigenvalue weighted by molar-refractivity contribution is 6.30. The number of hydrogen-bond donors (Lipinski definition) is 3. The molecule has 1 aromatic carbocycles. The van der Waals surface area contributed by atoms with Crippen LogP contribution in [0.25, 0.3) is 0 Å². The van der Waals surface area contributed by atoms with Crippen molar-refractivity contribution in [2.45, 2.75) is 63.8 Å². The highest BCUT2D eigenvalue weighted by atomic mass is 35.5. The van der Waals surface area contributed by atoms with E-state index in [0.29, 0.717) is 56.2 Å². The molecular formula is C33H48Cl2N4O10. The van der Waals surface area contributed by atoms with Crippen molar-refractivity contribution in [2.24, 2.45) is 0 Å². The van der Waals surface area contributed by atoms with Gasteiger partial charge in [0.05, 0.1) is 58.8 Å². The normalized spacial score (nSPS) is 15.8. The Kier molecular flexibility index (Phi) is 20.0. The first kappa shape index (κ1) is 40.4. The second-order valence-electron chi connectivity index (χ2n) is 11.3. The van der Waals surface area contributed by atoms with Gasteiger partial charge in [0.2, 0.25) is 11.8 Å². The predicted molar refractivity (Wildman–Crippen MR) is 180 cm³/mol. The van der Waals surface area contributed by atoms with Crippen molar-refractivity contribution in [1.82, 2.24) is 20.7 Å². The minimum Gasteiger partial charge on any atom is -0.443 e. The number of rotatable bonds is 25. The summed E-state index contributed by atoms with van der Waals surface area (Å²) < 4.78 is 32.2. The number of likely N-dealkylation sites (tertiary alicyclic amines) is 1. The maximum absolute atomic E-state index is 13.0. The summed E-state index contributed by atoms with van der Waals surface area (Å²) in [5.41, 5.74) is 1.17. The number of unbranched alkanes of at least 4 members (excludes halogenated alkanes) is 3. The van der Waals surface area contributed by atoms with Gasteiger partial charge in [0.15, 0.2) is 0 Å². The van der Waals surface area contributed by atoms with E-state index in [4.69, 9.17) is 51.4 Å². The van der Waals surface area contributed by atoms with E-state index in [2.05, 4.69) is 15.8 Å². The number of carbonyl (C=O) groups excluding carboxylic acids is 3. The summed E-state index contributed by atoms with van der Waals surface area (Å²) in [7, 11) is 0. The van der Waals surface area contributed by atoms with Crippen LogP contribution in [0.3, 0.4) is 0 Å². The van der Waals surface area contributed by atoms with E-state index in [-0.39, 0.29) is 57.4 Å². The van der Waals surface area contributed by atoms with E-state index >= 15 is 0 Å². The number of alkyl halides is 1. The minimum atomic E-state index is -0.820. The van der Waals surface area contributed by atoms with Crippen molar-refractivity contribution in [3.63, 3.8) is 0 Å². The van der Waals surface area contributed by atoms with Crippen LogP contribution in [0.15, 0.2) is 34.9 Å². The van der Waals surface area contributed by atoms with Crippen LogP contribution in [0.1, 0.15) is 49.1 Å². The molecule has 3 N–H and O–H groups in total. The molecule has 0 bridgehead atoms. The number of carbonyl (C=O) groups is 3. The molecule has 2 aromatic rings. The maximum atomic E-state index is 13.0. The Morgan fingerprint density at radius 1 is 0.898 bits per heavy atom. The van der Waals surface area contributed by atoms with Gasteiger partial charge in [-0.05, 0) is 30.5 Å². The smallest absolute Gasteiger partial charge is 0.407 e. The van der Waals surface area contributed by atoms with Gasteiger partial charge in [-0.1, -0.05) is 41.7 Å². The molecule has 3 amide bonds. The van der Waals surface area contributed by atoms with Gasteiger partial charge >= 0.3 is 6.09 Å². The van der Waals surface area contributed by atoms with E-state index in [1.54, 1.807) is 24.3 Å². The third kappa shape index (κ3) is 17.0. The van der Waals surface area contributed by atoms with E-state index < -0.39 is 24.1 Å². The molecule has 3 rings (SSSR count). The number of aromatic nitrogens is 1. The molecular weight excluding hydrogens is 683 g/mol. The van der Waals surface area contributed by atoms with Crippen molar-refractivity contribution in [3.05, 3.63) is 52.4 Å². The number of alkyl carbamates (subject to hydrolysis) is 1. The van der Waals surface area contributed by atoms with Crippen molar-refractivity contribution in [1.29, 1.82) is 0 Å². The molecule has 14 nitrogen and oxygen atoms in total. The Morgan fingerprint density at radius 3 is 2.24 bits per heavy atom. The van der Waals surface area contributed by atoms with E-state index in [1.807, 2.05) is 0 Å². The van der Waals surface area contributed by atoms with Gasteiger partial charge in [-0.15, -0.1) is 11.6 Å². The summed E-state index contributed by atoms with van der Waals surface area (Å²) in [6.07, 6.45) is 2.84. The van der Waals surface area contributed by atoms with Gasteiger partial charge in [-0.25, -0.2) is 4.79 Å². The largest absolute Gasteiger partial charge is 0.443 e. The second-order valence-corrected chi connectivity index (χ2v) is 12.1. The van der Waals surface area contributed by atoms with Gasteiger partial charge in [0.25, 0.3) is 0 Å². The van der Waals surface area contributed by atoms with E-state index in [1.165, 1.54) is 11.0 Å². The summed E-state index contributed by atoms with van der Waals surface area (Å²) in [6, 6.07) is 7.72. The van der Waals surface area contributed by atoms with Crippen LogP contribution in [0, 0.1) is 0 Å². The first-order valence-corrected chi connectivity index (χ1v) is 17.5. The molecule has 16 heteroatoms. The second kappa shape index (κ2) is 24.2. The SMILES string of the molecule is O=C(NCCOCCOCCOCCOCCCCCCCl)OCc1cc(CC(=O)N2CC(O)CC2C(=O)NCc2ccc(Cl)cc2)on1. The highest BCUT2D eigenvalue weighted by Crippen LogP contribution is 2.20. The van der Waals surface area contributed by atoms with E-state index in [0.717, 1.165) is 37.9 Å². The van der Waals surface area contributed by atoms with Crippen LogP contribution in [-0.4, -0.2) is 117 Å². The summed E-state index contributed by atoms with van der Waals surface area (Å²) in [5, 5.41) is 20.0. The maximum Gasteiger partial charge on any atom is 0.407 e. The molecule has 0 saturated carbocycles. The standard InChI is InChI=1S/C33H48Cl2N4O10/c34-9-3-1-2-4-11-44-13-15-46-17-18-47-16-14-45-12-10-36-33(43)48-24-27-19-29(49-38-27)21-31(41)39-23-28(40)20-30(39)32(42)37-22-25-5-7-26(35)8-6-25/h5-8,19,28,30,40H,1-4,9-18,20-24H2,(H,36,43)(H,37,42). The van der Waals surface area contributed by atoms with Crippen LogP contribution in [-0.2, 0) is 52.8 Å². The molecule has 1 aromatic heterocycles. The number of β-amino-alcohol motifs (C(OH)–C–C–N with tert-alkyl or cyclic N) is 1. The molecule has 49 heavy (non-hydrogen) atoms. The zero-order chi connectivity index (χ0) is 35.1. The molecule has 274 valence electrons. The third-order valence-electron chi connectivity index (χ3n) is 7.37. The molecule has 2 atom stereocenters. The number of amides is 3. The Balaban J connectivity index is 1.19. The monoisotopic (exact) mass is 730 g/mol. The Hall–Kier alpha value is -2.98. The van der Waals surface area contributed by atoms with Gasteiger partial charge in [0, 0.05) is 49.6 Å². The summed E-state index contributed by atoms with van der Waals surface area (Å²) in [4.78, 5) is 39.2. The van der Waals surface area contributed by atoms with Crippen LogP contribution in [0.2, 0.25) is 5.02 Å². The average molecular weight is 732 g/mol. The average Bonchev–Trinajstić information content (AvgIpc) is 3.72. The Labute approximate surface area is 297 Å². The fourth-order valence-corrected chi connectivity index (χ4v) is 5.15. The number of nitrogens with zero attached hydrogens (tertiary/aromatic N) is 2. The molecule has 1 saturated heterocycles. The van der Waals surface area contributed by atoms with Gasteiger partial charge in [0.1, 0.15) is 24.1 Å². The number of aliphatic hydroxyl groups is 1. The molecule has 0 aliphatic carbocycles. The zero-order valence-corrected chi connectivity index (χ0v) is 29.3. The van der Waals surface area contributed by atoms with E-state index in [9.17, 15) is 19.5 Å². The molecule has 0 radical (unpaired) electrons. The first-order chi connectivity index (χ1) is 23.9. The molecule has 0 spiro atoms. The number of nitrogens with one attached hydrogen (secondary N) is 2. The topological polar surface area (TPSA) is 171 Å². The minimum absolute atomic E-state index is 0.0289. The quantitative estimate of drug-likeness (QED) is 0.101. The number of halogens is 2. The van der Waals surface area contributed by atoms with Crippen LogP contribution in [0.4, 0.5) is 4.79 Å². The zero-order valence-electron chi connectivity index (χ0n) is 27.7. The molecule has 1 fully saturated rings. The third-order valence-corrected chi connectivity index (χ3v) is 7.89. The predicted octanol–water partition coefficient (Wildman–Crippen LogP) is 3.24. The van der Waals surface area contributed by atoms with Gasteiger partial charge < -0.3 is 48.8 Å². The van der Waals surface area contributed by atoms with Gasteiger partial charge in [-0.2, -0.15) is 0 Å². The van der Waals surface area contributed by atoms with Crippen LogP contribution in [0.5, 0.6) is 0 Å². The highest BCUT2D eigenvalue weighted by Gasteiger charge is 2.39. The van der Waals surface area contributed by atoms with Crippen molar-refractivity contribution in [3.8, 4) is 0 Å². The summed E-state index contributed by atoms with van der Waals surface area (Å²) in [6.45, 7) is 4.18. The number of aliphatic hydroxyl groups excluding tert-OH is 1. The number of hydrogen-bond acceptors (Lipinski definition) is 11. The van der Waals surface area contributed by atoms with Crippen molar-refractivity contribution < 1.29 is 47.7 Å². The Morgan fingerprint density at radius 2 is 1.55 bits per heavy atom. The fourth-order valence-electron chi connectivity index (χ4n) is 4.83. The van der Waals surface area contributed by atoms with Crippen LogP contribution >= 0.6 is 23.2 Å². The lowest BCUT2D eigenvalue weighted by Crippen LogP contribution is -2.46. The molecule has 1 aliphatic heterocycles.